The van der Waals surface area contributed by atoms with Gasteiger partial charge in [-0.15, -0.1) is 11.3 Å². The highest BCUT2D eigenvalue weighted by molar-refractivity contribution is 7.11. The second-order valence-electron chi connectivity index (χ2n) is 4.26. The topological polar surface area (TPSA) is 28.2 Å². The van der Waals surface area contributed by atoms with Crippen molar-refractivity contribution in [1.29, 1.82) is 0 Å². The maximum absolute atomic E-state index is 4.34. The number of aromatic nitrogens is 1. The van der Waals surface area contributed by atoms with Crippen LogP contribution in [0.1, 0.15) is 29.7 Å². The molecule has 0 aliphatic rings. The van der Waals surface area contributed by atoms with Gasteiger partial charge in [0.05, 0.1) is 5.01 Å². The minimum Gasteiger partial charge on any atom is -0.312 e. The van der Waals surface area contributed by atoms with E-state index in [-0.39, 0.29) is 0 Å². The van der Waals surface area contributed by atoms with E-state index in [9.17, 15) is 0 Å². The summed E-state index contributed by atoms with van der Waals surface area (Å²) in [5, 5.41) is 4.70. The van der Waals surface area contributed by atoms with E-state index in [1.54, 1.807) is 0 Å². The van der Waals surface area contributed by atoms with Gasteiger partial charge in [0.2, 0.25) is 0 Å². The van der Waals surface area contributed by atoms with Crippen molar-refractivity contribution in [3.63, 3.8) is 0 Å². The van der Waals surface area contributed by atoms with Crippen molar-refractivity contribution < 1.29 is 0 Å². The quantitative estimate of drug-likeness (QED) is 0.707. The summed E-state index contributed by atoms with van der Waals surface area (Å²) in [5.41, 5.74) is 0. The van der Waals surface area contributed by atoms with Crippen LogP contribution in [-0.4, -0.2) is 37.1 Å². The van der Waals surface area contributed by atoms with E-state index in [4.69, 9.17) is 0 Å². The molecule has 1 aromatic heterocycles. The predicted molar refractivity (Wildman–Crippen MR) is 71.0 cm³/mol. The summed E-state index contributed by atoms with van der Waals surface area (Å²) in [6.45, 7) is 5.41. The van der Waals surface area contributed by atoms with Gasteiger partial charge in [-0.2, -0.15) is 0 Å². The van der Waals surface area contributed by atoms with Crippen LogP contribution < -0.4 is 5.32 Å². The van der Waals surface area contributed by atoms with Crippen LogP contribution in [0, 0.1) is 0 Å². The van der Waals surface area contributed by atoms with Crippen LogP contribution >= 0.6 is 11.3 Å². The van der Waals surface area contributed by atoms with Gasteiger partial charge in [0, 0.05) is 17.6 Å². The number of nitrogens with one attached hydrogen (secondary N) is 1. The van der Waals surface area contributed by atoms with Crippen molar-refractivity contribution in [3.05, 3.63) is 16.1 Å². The lowest BCUT2D eigenvalue weighted by molar-refractivity contribution is 0.392. The van der Waals surface area contributed by atoms with E-state index >= 15 is 0 Å². The van der Waals surface area contributed by atoms with Crippen molar-refractivity contribution in [2.75, 3.05) is 27.2 Å². The number of hydrogen-bond acceptors (Lipinski definition) is 4. The molecule has 1 rings (SSSR count). The molecule has 0 aliphatic carbocycles. The maximum Gasteiger partial charge on any atom is 0.0925 e. The molecular weight excluding hydrogens is 218 g/mol. The Hall–Kier alpha value is -0.450. The summed E-state index contributed by atoms with van der Waals surface area (Å²) < 4.78 is 0. The van der Waals surface area contributed by atoms with E-state index in [0.29, 0.717) is 0 Å². The third kappa shape index (κ3) is 5.58. The van der Waals surface area contributed by atoms with Crippen LogP contribution in [0.25, 0.3) is 0 Å². The molecule has 1 heterocycles. The fourth-order valence-corrected chi connectivity index (χ4v) is 2.31. The van der Waals surface area contributed by atoms with Gasteiger partial charge in [0.15, 0.2) is 0 Å². The summed E-state index contributed by atoms with van der Waals surface area (Å²) in [6, 6.07) is 0. The van der Waals surface area contributed by atoms with Crippen molar-refractivity contribution in [3.8, 4) is 0 Å². The van der Waals surface area contributed by atoms with Crippen LogP contribution in [0.2, 0.25) is 0 Å². The van der Waals surface area contributed by atoms with Gasteiger partial charge < -0.3 is 10.2 Å². The minimum atomic E-state index is 0.972. The molecule has 0 amide bonds. The molecular formula is C12H23N3S. The lowest BCUT2D eigenvalue weighted by Crippen LogP contribution is -2.17. The average molecular weight is 241 g/mol. The molecule has 1 N–H and O–H groups in total. The van der Waals surface area contributed by atoms with Gasteiger partial charge in [-0.3, -0.25) is 0 Å². The lowest BCUT2D eigenvalue weighted by atomic mass is 10.3. The molecule has 4 heteroatoms. The number of hydrogen-bond donors (Lipinski definition) is 1. The van der Waals surface area contributed by atoms with Crippen molar-refractivity contribution in [2.24, 2.45) is 0 Å². The first kappa shape index (κ1) is 13.6. The molecule has 0 unspecified atom stereocenters. The first-order valence-electron chi connectivity index (χ1n) is 6.01. The van der Waals surface area contributed by atoms with Crippen LogP contribution in [0.4, 0.5) is 0 Å². The monoisotopic (exact) mass is 241 g/mol. The predicted octanol–water partition coefficient (Wildman–Crippen LogP) is 2.14. The summed E-state index contributed by atoms with van der Waals surface area (Å²) >= 11 is 1.82. The number of aryl methyl sites for hydroxylation is 1. The number of nitrogens with zero attached hydrogens (tertiary/aromatic N) is 2. The first-order chi connectivity index (χ1) is 7.72. The van der Waals surface area contributed by atoms with Gasteiger partial charge in [-0.1, -0.05) is 6.92 Å². The molecule has 0 saturated heterocycles. The van der Waals surface area contributed by atoms with Crippen LogP contribution in [0.15, 0.2) is 6.20 Å². The van der Waals surface area contributed by atoms with Gasteiger partial charge in [0.1, 0.15) is 0 Å². The molecule has 16 heavy (non-hydrogen) atoms. The van der Waals surface area contributed by atoms with E-state index in [2.05, 4.69) is 36.2 Å². The smallest absolute Gasteiger partial charge is 0.0925 e. The van der Waals surface area contributed by atoms with E-state index < -0.39 is 0 Å². The summed E-state index contributed by atoms with van der Waals surface area (Å²) in [5.74, 6) is 0. The zero-order valence-corrected chi connectivity index (χ0v) is 11.4. The second kappa shape index (κ2) is 7.76. The summed E-state index contributed by atoms with van der Waals surface area (Å²) in [7, 11) is 4.24. The standard InChI is InChI=1S/C12H23N3S/c1-4-12-14-10-11(16-12)9-13-7-5-6-8-15(2)3/h10,13H,4-9H2,1-3H3. The molecule has 92 valence electrons. The van der Waals surface area contributed by atoms with Gasteiger partial charge >= 0.3 is 0 Å². The van der Waals surface area contributed by atoms with Gasteiger partial charge in [0.25, 0.3) is 0 Å². The average Bonchev–Trinajstić information content (AvgIpc) is 2.70. The molecule has 0 aromatic carbocycles. The fourth-order valence-electron chi connectivity index (χ4n) is 1.48. The molecule has 0 atom stereocenters. The molecule has 0 spiro atoms. The molecule has 0 fully saturated rings. The summed E-state index contributed by atoms with van der Waals surface area (Å²) in [6.07, 6.45) is 5.56. The van der Waals surface area contributed by atoms with Crippen molar-refractivity contribution in [2.45, 2.75) is 32.7 Å². The Balaban J connectivity index is 2.02. The Bertz CT molecular complexity index is 284. The molecule has 0 saturated carbocycles. The van der Waals surface area contributed by atoms with E-state index in [1.807, 2.05) is 17.5 Å². The number of unbranched alkanes of at least 4 members (excludes halogenated alkanes) is 1. The second-order valence-corrected chi connectivity index (χ2v) is 5.46. The van der Waals surface area contributed by atoms with E-state index in [0.717, 1.165) is 19.5 Å². The number of rotatable bonds is 8. The minimum absolute atomic E-state index is 0.972. The Labute approximate surface area is 103 Å². The molecule has 0 aliphatic heterocycles. The van der Waals surface area contributed by atoms with Crippen LogP contribution in [0.3, 0.4) is 0 Å². The Morgan fingerprint density at radius 2 is 2.19 bits per heavy atom. The van der Waals surface area contributed by atoms with Gasteiger partial charge in [-0.05, 0) is 46.4 Å². The zero-order chi connectivity index (χ0) is 11.8. The Kier molecular flexibility index (Phi) is 6.61. The molecule has 0 bridgehead atoms. The van der Waals surface area contributed by atoms with E-state index in [1.165, 1.54) is 29.3 Å². The first-order valence-corrected chi connectivity index (χ1v) is 6.83. The van der Waals surface area contributed by atoms with Crippen LogP contribution in [-0.2, 0) is 13.0 Å². The fraction of sp³-hybridized carbons (Fsp3) is 0.750. The van der Waals surface area contributed by atoms with Gasteiger partial charge in [-0.25, -0.2) is 4.98 Å². The zero-order valence-electron chi connectivity index (χ0n) is 10.6. The van der Waals surface area contributed by atoms with Crippen molar-refractivity contribution in [1.82, 2.24) is 15.2 Å². The molecule has 3 nitrogen and oxygen atoms in total. The third-order valence-corrected chi connectivity index (χ3v) is 3.55. The highest BCUT2D eigenvalue weighted by Gasteiger charge is 1.99. The highest BCUT2D eigenvalue weighted by Crippen LogP contribution is 2.12. The SMILES string of the molecule is CCc1ncc(CNCCCCN(C)C)s1. The Morgan fingerprint density at radius 1 is 1.38 bits per heavy atom. The molecule has 0 radical (unpaired) electrons. The lowest BCUT2D eigenvalue weighted by Gasteiger charge is -2.08. The Morgan fingerprint density at radius 3 is 2.81 bits per heavy atom. The van der Waals surface area contributed by atoms with Crippen LogP contribution in [0.5, 0.6) is 0 Å². The largest absolute Gasteiger partial charge is 0.312 e. The highest BCUT2D eigenvalue weighted by atomic mass is 32.1. The normalized spacial score (nSPS) is 11.2. The summed E-state index contributed by atoms with van der Waals surface area (Å²) in [4.78, 5) is 7.93. The number of thiazole rings is 1. The molecule has 1 aromatic rings. The maximum atomic E-state index is 4.34. The third-order valence-electron chi connectivity index (χ3n) is 2.41. The van der Waals surface area contributed by atoms with Crippen molar-refractivity contribution >= 4 is 11.3 Å².